The summed E-state index contributed by atoms with van der Waals surface area (Å²) in [6, 6.07) is -0.210. The van der Waals surface area contributed by atoms with Crippen LogP contribution in [-0.4, -0.2) is 30.1 Å². The van der Waals surface area contributed by atoms with E-state index in [1.165, 1.54) is 0 Å². The van der Waals surface area contributed by atoms with Crippen molar-refractivity contribution in [1.82, 2.24) is 10.2 Å². The number of likely N-dealkylation sites (tertiary alicyclic amines) is 1. The Bertz CT molecular complexity index is 232. The summed E-state index contributed by atoms with van der Waals surface area (Å²) >= 11 is 0. The molecule has 3 nitrogen and oxygen atoms in total. The van der Waals surface area contributed by atoms with Gasteiger partial charge in [0, 0.05) is 13.1 Å². The Balaban J connectivity index is 2.37. The van der Waals surface area contributed by atoms with Crippen LogP contribution < -0.4 is 5.32 Å². The van der Waals surface area contributed by atoms with Crippen molar-refractivity contribution in [3.63, 3.8) is 0 Å². The van der Waals surface area contributed by atoms with Gasteiger partial charge in [0.25, 0.3) is 0 Å². The van der Waals surface area contributed by atoms with Crippen LogP contribution in [0.1, 0.15) is 20.3 Å². The van der Waals surface area contributed by atoms with Crippen molar-refractivity contribution >= 4 is 6.03 Å². The van der Waals surface area contributed by atoms with E-state index in [0.29, 0.717) is 5.92 Å². The van der Waals surface area contributed by atoms with Gasteiger partial charge in [0.1, 0.15) is 0 Å². The van der Waals surface area contributed by atoms with Gasteiger partial charge in [0.05, 0.1) is 6.04 Å². The molecular formula is C10H16N2O. The number of carbonyl (C=O) groups is 1. The highest BCUT2D eigenvalue weighted by Gasteiger charge is 2.23. The van der Waals surface area contributed by atoms with Crippen LogP contribution in [-0.2, 0) is 0 Å². The number of carbonyl (C=O) groups excluding carboxylic acids is 1. The summed E-state index contributed by atoms with van der Waals surface area (Å²) in [7, 11) is 0. The summed E-state index contributed by atoms with van der Waals surface area (Å²) in [5.74, 6) is 3.09. The average Bonchev–Trinajstić information content (AvgIpc) is 2.51. The number of nitrogens with zero attached hydrogens (tertiary/aromatic N) is 1. The first kappa shape index (κ1) is 9.91. The van der Waals surface area contributed by atoms with Crippen molar-refractivity contribution < 1.29 is 4.79 Å². The average molecular weight is 180 g/mol. The molecule has 1 aliphatic heterocycles. The normalized spacial score (nSPS) is 23.8. The van der Waals surface area contributed by atoms with Crippen molar-refractivity contribution in [3.05, 3.63) is 0 Å². The van der Waals surface area contributed by atoms with E-state index in [1.54, 1.807) is 6.92 Å². The van der Waals surface area contributed by atoms with Gasteiger partial charge in [-0.1, -0.05) is 12.8 Å². The molecule has 2 unspecified atom stereocenters. The van der Waals surface area contributed by atoms with Gasteiger partial charge >= 0.3 is 6.03 Å². The molecule has 13 heavy (non-hydrogen) atoms. The maximum atomic E-state index is 11.5. The number of amides is 2. The van der Waals surface area contributed by atoms with Gasteiger partial charge in [-0.05, 0) is 19.3 Å². The summed E-state index contributed by atoms with van der Waals surface area (Å²) in [6.45, 7) is 5.66. The van der Waals surface area contributed by atoms with E-state index >= 15 is 0 Å². The Morgan fingerprint density at radius 2 is 2.46 bits per heavy atom. The SMILES string of the molecule is C#CC(C)NC(=O)N1CCC(C)C1. The fraction of sp³-hybridized carbons (Fsp3) is 0.700. The summed E-state index contributed by atoms with van der Waals surface area (Å²) in [5, 5.41) is 2.74. The third-order valence-electron chi connectivity index (χ3n) is 2.30. The lowest BCUT2D eigenvalue weighted by Gasteiger charge is -2.18. The van der Waals surface area contributed by atoms with Gasteiger partial charge in [-0.3, -0.25) is 0 Å². The molecule has 1 saturated heterocycles. The van der Waals surface area contributed by atoms with E-state index in [1.807, 2.05) is 4.90 Å². The number of terminal acetylenes is 1. The molecule has 0 aromatic rings. The molecule has 0 aromatic carbocycles. The van der Waals surface area contributed by atoms with Crippen LogP contribution in [0, 0.1) is 18.3 Å². The molecule has 0 spiro atoms. The van der Waals surface area contributed by atoms with Gasteiger partial charge in [0.15, 0.2) is 0 Å². The van der Waals surface area contributed by atoms with Crippen molar-refractivity contribution in [1.29, 1.82) is 0 Å². The molecule has 2 atom stereocenters. The maximum absolute atomic E-state index is 11.5. The third kappa shape index (κ3) is 2.66. The fourth-order valence-corrected chi connectivity index (χ4v) is 1.44. The van der Waals surface area contributed by atoms with Gasteiger partial charge in [-0.15, -0.1) is 6.42 Å². The van der Waals surface area contributed by atoms with Crippen molar-refractivity contribution in [2.24, 2.45) is 5.92 Å². The molecule has 0 radical (unpaired) electrons. The quantitative estimate of drug-likeness (QED) is 0.601. The van der Waals surface area contributed by atoms with Crippen molar-refractivity contribution in [2.75, 3.05) is 13.1 Å². The second kappa shape index (κ2) is 4.18. The Kier molecular flexibility index (Phi) is 3.18. The van der Waals surface area contributed by atoms with Gasteiger partial charge in [-0.2, -0.15) is 0 Å². The third-order valence-corrected chi connectivity index (χ3v) is 2.30. The second-order valence-electron chi connectivity index (χ2n) is 3.68. The molecule has 0 bridgehead atoms. The topological polar surface area (TPSA) is 32.3 Å². The lowest BCUT2D eigenvalue weighted by atomic mass is 10.2. The molecule has 0 aromatic heterocycles. The van der Waals surface area contributed by atoms with E-state index in [4.69, 9.17) is 6.42 Å². The lowest BCUT2D eigenvalue weighted by Crippen LogP contribution is -2.42. The molecule has 0 saturated carbocycles. The predicted octanol–water partition coefficient (Wildman–Crippen LogP) is 1.06. The Hall–Kier alpha value is -1.17. The van der Waals surface area contributed by atoms with E-state index in [0.717, 1.165) is 19.5 Å². The smallest absolute Gasteiger partial charge is 0.318 e. The Morgan fingerprint density at radius 1 is 1.77 bits per heavy atom. The first-order valence-electron chi connectivity index (χ1n) is 4.65. The first-order valence-corrected chi connectivity index (χ1v) is 4.65. The molecule has 1 heterocycles. The standard InChI is InChI=1S/C10H16N2O/c1-4-9(3)11-10(13)12-6-5-8(2)7-12/h1,8-9H,5-7H2,2-3H3,(H,11,13). The maximum Gasteiger partial charge on any atom is 0.318 e. The molecule has 1 rings (SSSR count). The summed E-state index contributed by atoms with van der Waals surface area (Å²) in [4.78, 5) is 13.3. The molecule has 1 aliphatic rings. The molecule has 3 heteroatoms. The van der Waals surface area contributed by atoms with Crippen molar-refractivity contribution in [2.45, 2.75) is 26.3 Å². The number of nitrogens with one attached hydrogen (secondary N) is 1. The molecule has 0 aliphatic carbocycles. The Labute approximate surface area is 79.5 Å². The largest absolute Gasteiger partial charge is 0.325 e. The summed E-state index contributed by atoms with van der Waals surface area (Å²) < 4.78 is 0. The minimum absolute atomic E-state index is 0.0326. The van der Waals surface area contributed by atoms with E-state index in [2.05, 4.69) is 18.2 Å². The number of hydrogen-bond donors (Lipinski definition) is 1. The monoisotopic (exact) mass is 180 g/mol. The zero-order valence-electron chi connectivity index (χ0n) is 8.21. The van der Waals surface area contributed by atoms with Crippen LogP contribution in [0.2, 0.25) is 0 Å². The molecule has 1 fully saturated rings. The molecule has 72 valence electrons. The van der Waals surface area contributed by atoms with Gasteiger partial charge in [-0.25, -0.2) is 4.79 Å². The van der Waals surface area contributed by atoms with Crippen LogP contribution in [0.15, 0.2) is 0 Å². The van der Waals surface area contributed by atoms with E-state index in [9.17, 15) is 4.79 Å². The second-order valence-corrected chi connectivity index (χ2v) is 3.68. The number of rotatable bonds is 1. The van der Waals surface area contributed by atoms with Crippen LogP contribution in [0.5, 0.6) is 0 Å². The fourth-order valence-electron chi connectivity index (χ4n) is 1.44. The molecule has 2 amide bonds. The highest BCUT2D eigenvalue weighted by atomic mass is 16.2. The first-order chi connectivity index (χ1) is 6.13. The van der Waals surface area contributed by atoms with Crippen molar-refractivity contribution in [3.8, 4) is 12.3 Å². The Morgan fingerprint density at radius 3 is 2.92 bits per heavy atom. The highest BCUT2D eigenvalue weighted by molar-refractivity contribution is 5.75. The molecular weight excluding hydrogens is 164 g/mol. The van der Waals surface area contributed by atoms with Gasteiger partial charge in [0.2, 0.25) is 0 Å². The predicted molar refractivity (Wildman–Crippen MR) is 52.2 cm³/mol. The van der Waals surface area contributed by atoms with E-state index < -0.39 is 0 Å². The lowest BCUT2D eigenvalue weighted by molar-refractivity contribution is 0.206. The van der Waals surface area contributed by atoms with Crippen LogP contribution in [0.25, 0.3) is 0 Å². The summed E-state index contributed by atoms with van der Waals surface area (Å²) in [6.07, 6.45) is 6.26. The molecule has 1 N–H and O–H groups in total. The number of urea groups is 1. The number of hydrogen-bond acceptors (Lipinski definition) is 1. The zero-order valence-corrected chi connectivity index (χ0v) is 8.21. The van der Waals surface area contributed by atoms with E-state index in [-0.39, 0.29) is 12.1 Å². The van der Waals surface area contributed by atoms with Gasteiger partial charge < -0.3 is 10.2 Å². The van der Waals surface area contributed by atoms with Crippen LogP contribution >= 0.6 is 0 Å². The zero-order chi connectivity index (χ0) is 9.84. The minimum atomic E-state index is -0.177. The van der Waals surface area contributed by atoms with Crippen LogP contribution in [0.4, 0.5) is 4.79 Å². The highest BCUT2D eigenvalue weighted by Crippen LogP contribution is 2.14. The van der Waals surface area contributed by atoms with Crippen LogP contribution in [0.3, 0.4) is 0 Å². The minimum Gasteiger partial charge on any atom is -0.325 e. The summed E-state index contributed by atoms with van der Waals surface area (Å²) in [5.41, 5.74) is 0.